The summed E-state index contributed by atoms with van der Waals surface area (Å²) in [5, 5.41) is 17.4. The van der Waals surface area contributed by atoms with Gasteiger partial charge in [-0.15, -0.1) is 0 Å². The number of unbranched alkanes of at least 4 members (excludes halogenated alkanes) is 4. The van der Waals surface area contributed by atoms with E-state index < -0.39 is 6.10 Å². The number of hydrogen-bond donors (Lipinski definition) is 2. The van der Waals surface area contributed by atoms with E-state index in [-0.39, 0.29) is 13.2 Å². The number of aliphatic hydroxyl groups is 2. The Hall–Kier alpha value is -0.540. The van der Waals surface area contributed by atoms with Gasteiger partial charge in [-0.05, 0) is 18.9 Å². The van der Waals surface area contributed by atoms with Crippen molar-refractivity contribution in [2.24, 2.45) is 0 Å². The van der Waals surface area contributed by atoms with Gasteiger partial charge in [0, 0.05) is 0 Å². The molecule has 1 atom stereocenters. The average molecular weight is 202 g/mol. The third-order valence-electron chi connectivity index (χ3n) is 1.92. The van der Waals surface area contributed by atoms with Crippen molar-refractivity contribution in [3.05, 3.63) is 12.3 Å². The summed E-state index contributed by atoms with van der Waals surface area (Å²) < 4.78 is 5.00. The Labute approximate surface area is 86.4 Å². The Morgan fingerprint density at radius 3 is 2.71 bits per heavy atom. The summed E-state index contributed by atoms with van der Waals surface area (Å²) >= 11 is 0. The van der Waals surface area contributed by atoms with Crippen LogP contribution in [0, 0.1) is 0 Å². The molecule has 0 aliphatic heterocycles. The van der Waals surface area contributed by atoms with Crippen LogP contribution in [0.1, 0.15) is 39.0 Å². The highest BCUT2D eigenvalue weighted by atomic mass is 16.5. The molecule has 0 saturated carbocycles. The van der Waals surface area contributed by atoms with Crippen LogP contribution in [0.15, 0.2) is 12.3 Å². The molecule has 0 heterocycles. The van der Waals surface area contributed by atoms with Crippen LogP contribution < -0.4 is 0 Å². The number of allylic oxidation sites excluding steroid dienone is 1. The fourth-order valence-electron chi connectivity index (χ4n) is 1.04. The summed E-state index contributed by atoms with van der Waals surface area (Å²) in [5.74, 6) is 0. The molecular weight excluding hydrogens is 180 g/mol. The summed E-state index contributed by atoms with van der Waals surface area (Å²) in [5.41, 5.74) is 0. The van der Waals surface area contributed by atoms with Gasteiger partial charge in [-0.25, -0.2) is 0 Å². The highest BCUT2D eigenvalue weighted by Gasteiger charge is 1.98. The Bertz CT molecular complexity index is 134. The lowest BCUT2D eigenvalue weighted by molar-refractivity contribution is 0.0383. The SMILES string of the molecule is CCCCCCC=COCC(O)CO. The third-order valence-corrected chi connectivity index (χ3v) is 1.92. The van der Waals surface area contributed by atoms with Crippen molar-refractivity contribution in [1.82, 2.24) is 0 Å². The van der Waals surface area contributed by atoms with E-state index in [1.165, 1.54) is 25.7 Å². The number of hydrogen-bond acceptors (Lipinski definition) is 3. The van der Waals surface area contributed by atoms with Gasteiger partial charge < -0.3 is 14.9 Å². The van der Waals surface area contributed by atoms with Crippen molar-refractivity contribution >= 4 is 0 Å². The largest absolute Gasteiger partial charge is 0.499 e. The molecule has 0 aromatic heterocycles. The molecule has 3 heteroatoms. The molecule has 0 aliphatic carbocycles. The van der Waals surface area contributed by atoms with Crippen molar-refractivity contribution in [2.75, 3.05) is 13.2 Å². The van der Waals surface area contributed by atoms with Crippen molar-refractivity contribution in [2.45, 2.75) is 45.1 Å². The van der Waals surface area contributed by atoms with Crippen molar-refractivity contribution in [1.29, 1.82) is 0 Å². The maximum atomic E-state index is 8.92. The lowest BCUT2D eigenvalue weighted by Gasteiger charge is -2.05. The standard InChI is InChI=1S/C11H22O3/c1-2-3-4-5-6-7-8-14-10-11(13)9-12/h7-8,11-13H,2-6,9-10H2,1H3. The zero-order chi connectivity index (χ0) is 10.6. The summed E-state index contributed by atoms with van der Waals surface area (Å²) in [6.45, 7) is 2.11. The maximum Gasteiger partial charge on any atom is 0.115 e. The maximum absolute atomic E-state index is 8.92. The third kappa shape index (κ3) is 9.55. The molecule has 0 amide bonds. The molecule has 0 radical (unpaired) electrons. The molecule has 1 unspecified atom stereocenters. The molecule has 0 saturated heterocycles. The first kappa shape index (κ1) is 13.5. The second-order valence-electron chi connectivity index (χ2n) is 3.39. The molecule has 0 aliphatic rings. The monoisotopic (exact) mass is 202 g/mol. The van der Waals surface area contributed by atoms with Crippen LogP contribution in [0.4, 0.5) is 0 Å². The highest BCUT2D eigenvalue weighted by molar-refractivity contribution is 4.73. The molecule has 0 rings (SSSR count). The molecular formula is C11H22O3. The second kappa shape index (κ2) is 10.5. The van der Waals surface area contributed by atoms with Crippen LogP contribution in [0.3, 0.4) is 0 Å². The fraction of sp³-hybridized carbons (Fsp3) is 0.818. The van der Waals surface area contributed by atoms with Gasteiger partial charge in [0.25, 0.3) is 0 Å². The number of ether oxygens (including phenoxy) is 1. The molecule has 0 fully saturated rings. The average Bonchev–Trinajstić information content (AvgIpc) is 2.21. The van der Waals surface area contributed by atoms with Gasteiger partial charge in [0.2, 0.25) is 0 Å². The Kier molecular flexibility index (Phi) is 10.1. The van der Waals surface area contributed by atoms with Gasteiger partial charge in [-0.2, -0.15) is 0 Å². The van der Waals surface area contributed by atoms with Gasteiger partial charge in [-0.3, -0.25) is 0 Å². The Balaban J connectivity index is 3.11. The molecule has 3 nitrogen and oxygen atoms in total. The van der Waals surface area contributed by atoms with Gasteiger partial charge in [-0.1, -0.05) is 26.2 Å². The van der Waals surface area contributed by atoms with E-state index in [2.05, 4.69) is 6.92 Å². The van der Waals surface area contributed by atoms with E-state index in [1.54, 1.807) is 6.26 Å². The van der Waals surface area contributed by atoms with Gasteiger partial charge in [0.1, 0.15) is 12.7 Å². The Morgan fingerprint density at radius 1 is 1.29 bits per heavy atom. The van der Waals surface area contributed by atoms with E-state index in [0.29, 0.717) is 0 Å². The van der Waals surface area contributed by atoms with E-state index in [4.69, 9.17) is 14.9 Å². The predicted octanol–water partition coefficient (Wildman–Crippen LogP) is 1.84. The molecule has 0 bridgehead atoms. The fourth-order valence-corrected chi connectivity index (χ4v) is 1.04. The van der Waals surface area contributed by atoms with Crippen molar-refractivity contribution in [3.63, 3.8) is 0 Å². The summed E-state index contributed by atoms with van der Waals surface area (Å²) in [6, 6.07) is 0. The molecule has 14 heavy (non-hydrogen) atoms. The van der Waals surface area contributed by atoms with Crippen molar-refractivity contribution < 1.29 is 14.9 Å². The summed E-state index contributed by atoms with van der Waals surface area (Å²) in [4.78, 5) is 0. The van der Waals surface area contributed by atoms with Crippen LogP contribution in [-0.2, 0) is 4.74 Å². The quantitative estimate of drug-likeness (QED) is 0.443. The lowest BCUT2D eigenvalue weighted by Crippen LogP contribution is -2.17. The molecule has 84 valence electrons. The Morgan fingerprint density at radius 2 is 2.07 bits per heavy atom. The first-order valence-corrected chi connectivity index (χ1v) is 5.36. The van der Waals surface area contributed by atoms with E-state index >= 15 is 0 Å². The van der Waals surface area contributed by atoms with Crippen LogP contribution in [0.25, 0.3) is 0 Å². The van der Waals surface area contributed by atoms with Crippen molar-refractivity contribution in [3.8, 4) is 0 Å². The van der Waals surface area contributed by atoms with E-state index in [0.717, 1.165) is 6.42 Å². The predicted molar refractivity (Wildman–Crippen MR) is 56.9 cm³/mol. The zero-order valence-corrected chi connectivity index (χ0v) is 8.98. The topological polar surface area (TPSA) is 49.7 Å². The van der Waals surface area contributed by atoms with Crippen LogP contribution in [0.2, 0.25) is 0 Å². The minimum atomic E-state index is -0.764. The smallest absolute Gasteiger partial charge is 0.115 e. The minimum Gasteiger partial charge on any atom is -0.499 e. The van der Waals surface area contributed by atoms with E-state index in [9.17, 15) is 0 Å². The van der Waals surface area contributed by atoms with Crippen LogP contribution in [-0.4, -0.2) is 29.5 Å². The molecule has 2 N–H and O–H groups in total. The molecule has 0 aromatic rings. The molecule has 0 spiro atoms. The number of rotatable bonds is 9. The second-order valence-corrected chi connectivity index (χ2v) is 3.39. The minimum absolute atomic E-state index is 0.169. The normalized spacial score (nSPS) is 13.4. The van der Waals surface area contributed by atoms with Gasteiger partial charge >= 0.3 is 0 Å². The van der Waals surface area contributed by atoms with Crippen LogP contribution in [0.5, 0.6) is 0 Å². The first-order chi connectivity index (χ1) is 6.81. The first-order valence-electron chi connectivity index (χ1n) is 5.36. The number of aliphatic hydroxyl groups excluding tert-OH is 2. The van der Waals surface area contributed by atoms with E-state index in [1.807, 2.05) is 6.08 Å². The van der Waals surface area contributed by atoms with Gasteiger partial charge in [0.15, 0.2) is 0 Å². The summed E-state index contributed by atoms with van der Waals surface area (Å²) in [6.07, 6.45) is 8.82. The van der Waals surface area contributed by atoms with Crippen LogP contribution >= 0.6 is 0 Å². The highest BCUT2D eigenvalue weighted by Crippen LogP contribution is 2.02. The lowest BCUT2D eigenvalue weighted by atomic mass is 10.1. The summed E-state index contributed by atoms with van der Waals surface area (Å²) in [7, 11) is 0. The zero-order valence-electron chi connectivity index (χ0n) is 8.98. The van der Waals surface area contributed by atoms with Gasteiger partial charge in [0.05, 0.1) is 12.9 Å². The molecule has 0 aromatic carbocycles.